The summed E-state index contributed by atoms with van der Waals surface area (Å²) in [5, 5.41) is 5.81. The lowest BCUT2D eigenvalue weighted by Crippen LogP contribution is -2.41. The Morgan fingerprint density at radius 1 is 1.13 bits per heavy atom. The van der Waals surface area contributed by atoms with Crippen LogP contribution in [0.4, 0.5) is 5.69 Å². The van der Waals surface area contributed by atoms with E-state index >= 15 is 0 Å². The van der Waals surface area contributed by atoms with E-state index in [9.17, 15) is 9.59 Å². The van der Waals surface area contributed by atoms with E-state index < -0.39 is 5.41 Å². The van der Waals surface area contributed by atoms with Gasteiger partial charge in [0.25, 0.3) is 0 Å². The minimum atomic E-state index is -0.903. The molecule has 1 aliphatic rings. The smallest absolute Gasteiger partial charge is 0.240 e. The van der Waals surface area contributed by atoms with E-state index in [1.54, 1.807) is 7.11 Å². The van der Waals surface area contributed by atoms with Crippen molar-refractivity contribution in [3.05, 3.63) is 29.3 Å². The van der Waals surface area contributed by atoms with E-state index in [0.29, 0.717) is 26.0 Å². The number of amides is 2. The van der Waals surface area contributed by atoms with Gasteiger partial charge in [-0.1, -0.05) is 32.0 Å². The summed E-state index contributed by atoms with van der Waals surface area (Å²) >= 11 is 0. The number of carbonyl (C=O) groups excluding carboxylic acids is 2. The number of anilines is 1. The minimum Gasteiger partial charge on any atom is -0.383 e. The van der Waals surface area contributed by atoms with Crippen LogP contribution < -0.4 is 10.6 Å². The van der Waals surface area contributed by atoms with Gasteiger partial charge in [-0.25, -0.2) is 0 Å². The first-order valence-corrected chi connectivity index (χ1v) is 8.28. The van der Waals surface area contributed by atoms with Gasteiger partial charge in [0, 0.05) is 19.3 Å². The number of para-hydroxylation sites is 1. The quantitative estimate of drug-likeness (QED) is 0.571. The molecule has 0 atom stereocenters. The molecular weight excluding hydrogens is 292 g/mol. The van der Waals surface area contributed by atoms with Gasteiger partial charge in [-0.15, -0.1) is 0 Å². The van der Waals surface area contributed by atoms with Crippen LogP contribution in [0.2, 0.25) is 0 Å². The Hall–Kier alpha value is -1.88. The van der Waals surface area contributed by atoms with Crippen LogP contribution in [0, 0.1) is 5.41 Å². The van der Waals surface area contributed by atoms with E-state index in [-0.39, 0.29) is 11.8 Å². The number of benzene rings is 1. The summed E-state index contributed by atoms with van der Waals surface area (Å²) in [6, 6.07) is 6.05. The third kappa shape index (κ3) is 3.72. The normalized spacial score (nSPS) is 15.1. The molecule has 1 fully saturated rings. The van der Waals surface area contributed by atoms with Gasteiger partial charge in [-0.2, -0.15) is 0 Å². The van der Waals surface area contributed by atoms with Crippen molar-refractivity contribution in [2.75, 3.05) is 25.6 Å². The lowest BCUT2D eigenvalue weighted by molar-refractivity contribution is -0.134. The van der Waals surface area contributed by atoms with Crippen LogP contribution in [0.25, 0.3) is 0 Å². The van der Waals surface area contributed by atoms with Gasteiger partial charge in [-0.3, -0.25) is 9.59 Å². The standard InChI is InChI=1S/C18H26N2O3/c1-4-13-7-6-8-14(5-2)15(13)20-17(22)18(9-10-18)16(21)19-11-12-23-3/h6-8H,4-5,9-12H2,1-3H3,(H,19,21)(H,20,22). The molecule has 0 spiro atoms. The fourth-order valence-electron chi connectivity index (χ4n) is 2.75. The molecule has 1 saturated carbocycles. The van der Waals surface area contributed by atoms with E-state index in [1.807, 2.05) is 18.2 Å². The fourth-order valence-corrected chi connectivity index (χ4v) is 2.75. The van der Waals surface area contributed by atoms with Crippen LogP contribution in [0.1, 0.15) is 37.8 Å². The predicted octanol–water partition coefficient (Wildman–Crippen LogP) is 2.29. The van der Waals surface area contributed by atoms with Crippen LogP contribution in [0.15, 0.2) is 18.2 Å². The summed E-state index contributed by atoms with van der Waals surface area (Å²) in [6.07, 6.45) is 2.90. The number of ether oxygens (including phenoxy) is 1. The lowest BCUT2D eigenvalue weighted by atomic mass is 10.0. The Morgan fingerprint density at radius 2 is 1.74 bits per heavy atom. The maximum Gasteiger partial charge on any atom is 0.240 e. The predicted molar refractivity (Wildman–Crippen MR) is 90.4 cm³/mol. The van der Waals surface area contributed by atoms with Gasteiger partial charge in [0.15, 0.2) is 0 Å². The molecule has 0 unspecified atom stereocenters. The maximum absolute atomic E-state index is 12.7. The van der Waals surface area contributed by atoms with Gasteiger partial charge in [0.2, 0.25) is 11.8 Å². The van der Waals surface area contributed by atoms with Crippen LogP contribution in [-0.2, 0) is 27.2 Å². The molecule has 23 heavy (non-hydrogen) atoms. The molecule has 0 aliphatic heterocycles. The highest BCUT2D eigenvalue weighted by Gasteiger charge is 2.56. The molecule has 5 heteroatoms. The van der Waals surface area contributed by atoms with Crippen molar-refractivity contribution >= 4 is 17.5 Å². The summed E-state index contributed by atoms with van der Waals surface area (Å²) in [6.45, 7) is 5.00. The molecule has 0 heterocycles. The first-order chi connectivity index (χ1) is 11.1. The second-order valence-corrected chi connectivity index (χ2v) is 5.94. The summed E-state index contributed by atoms with van der Waals surface area (Å²) < 4.78 is 4.93. The third-order valence-corrected chi connectivity index (χ3v) is 4.45. The topological polar surface area (TPSA) is 67.4 Å². The van der Waals surface area contributed by atoms with Crippen molar-refractivity contribution in [1.29, 1.82) is 0 Å². The fraction of sp³-hybridized carbons (Fsp3) is 0.556. The number of hydrogen-bond donors (Lipinski definition) is 2. The van der Waals surface area contributed by atoms with E-state index in [4.69, 9.17) is 4.74 Å². The highest BCUT2D eigenvalue weighted by atomic mass is 16.5. The second-order valence-electron chi connectivity index (χ2n) is 5.94. The Labute approximate surface area is 137 Å². The first-order valence-electron chi connectivity index (χ1n) is 8.28. The number of methoxy groups -OCH3 is 1. The van der Waals surface area contributed by atoms with Crippen molar-refractivity contribution in [3.8, 4) is 0 Å². The minimum absolute atomic E-state index is 0.192. The van der Waals surface area contributed by atoms with Crippen molar-refractivity contribution in [1.82, 2.24) is 5.32 Å². The number of rotatable bonds is 8. The highest BCUT2D eigenvalue weighted by molar-refractivity contribution is 6.13. The second kappa shape index (κ2) is 7.59. The number of carbonyl (C=O) groups is 2. The molecule has 2 amide bonds. The average Bonchev–Trinajstić information content (AvgIpc) is 3.37. The van der Waals surface area contributed by atoms with Crippen molar-refractivity contribution in [3.63, 3.8) is 0 Å². The molecule has 126 valence electrons. The summed E-state index contributed by atoms with van der Waals surface area (Å²) in [5.41, 5.74) is 2.18. The summed E-state index contributed by atoms with van der Waals surface area (Å²) in [7, 11) is 1.58. The van der Waals surface area contributed by atoms with E-state index in [1.165, 1.54) is 0 Å². The summed E-state index contributed by atoms with van der Waals surface area (Å²) in [4.78, 5) is 25.0. The Bertz CT molecular complexity index is 557. The lowest BCUT2D eigenvalue weighted by Gasteiger charge is -2.19. The van der Waals surface area contributed by atoms with Crippen molar-refractivity contribution in [2.24, 2.45) is 5.41 Å². The molecule has 0 aromatic heterocycles. The zero-order valence-corrected chi connectivity index (χ0v) is 14.2. The molecule has 1 aromatic rings. The van der Waals surface area contributed by atoms with Crippen molar-refractivity contribution < 1.29 is 14.3 Å². The number of aryl methyl sites for hydroxylation is 2. The van der Waals surface area contributed by atoms with E-state index in [2.05, 4.69) is 24.5 Å². The monoisotopic (exact) mass is 318 g/mol. The number of hydrogen-bond acceptors (Lipinski definition) is 3. The Balaban J connectivity index is 2.11. The molecule has 5 nitrogen and oxygen atoms in total. The summed E-state index contributed by atoms with van der Waals surface area (Å²) in [5.74, 6) is -0.387. The van der Waals surface area contributed by atoms with Crippen LogP contribution in [0.5, 0.6) is 0 Å². The maximum atomic E-state index is 12.7. The van der Waals surface area contributed by atoms with E-state index in [0.717, 1.165) is 29.7 Å². The van der Waals surface area contributed by atoms with Crippen LogP contribution >= 0.6 is 0 Å². The first kappa shape index (κ1) is 17.5. The molecule has 2 N–H and O–H groups in total. The van der Waals surface area contributed by atoms with Crippen LogP contribution in [-0.4, -0.2) is 32.1 Å². The van der Waals surface area contributed by atoms with Gasteiger partial charge in [0.1, 0.15) is 5.41 Å². The van der Waals surface area contributed by atoms with Gasteiger partial charge in [-0.05, 0) is 36.8 Å². The molecule has 1 aromatic carbocycles. The highest BCUT2D eigenvalue weighted by Crippen LogP contribution is 2.47. The molecule has 0 radical (unpaired) electrons. The van der Waals surface area contributed by atoms with Gasteiger partial charge in [0.05, 0.1) is 6.61 Å². The molecular formula is C18H26N2O3. The molecule has 0 saturated heterocycles. The SMILES string of the molecule is CCc1cccc(CC)c1NC(=O)C1(C(=O)NCCOC)CC1. The van der Waals surface area contributed by atoms with Crippen LogP contribution in [0.3, 0.4) is 0 Å². The van der Waals surface area contributed by atoms with Crippen molar-refractivity contribution in [2.45, 2.75) is 39.5 Å². The average molecular weight is 318 g/mol. The van der Waals surface area contributed by atoms with Gasteiger partial charge < -0.3 is 15.4 Å². The zero-order chi connectivity index (χ0) is 16.9. The molecule has 1 aliphatic carbocycles. The van der Waals surface area contributed by atoms with Gasteiger partial charge >= 0.3 is 0 Å². The Morgan fingerprint density at radius 3 is 2.22 bits per heavy atom. The molecule has 2 rings (SSSR count). The molecule has 0 bridgehead atoms. The largest absolute Gasteiger partial charge is 0.383 e. The zero-order valence-electron chi connectivity index (χ0n) is 14.2. The third-order valence-electron chi connectivity index (χ3n) is 4.45. The Kier molecular flexibility index (Phi) is 5.77. The number of nitrogens with one attached hydrogen (secondary N) is 2.